The van der Waals surface area contributed by atoms with Crippen molar-refractivity contribution < 1.29 is 20.2 Å². The van der Waals surface area contributed by atoms with E-state index in [1.54, 1.807) is 0 Å². The van der Waals surface area contributed by atoms with E-state index in [0.29, 0.717) is 0 Å². The van der Waals surface area contributed by atoms with Crippen molar-refractivity contribution in [2.24, 2.45) is 0 Å². The summed E-state index contributed by atoms with van der Waals surface area (Å²) >= 11 is 2.55. The third-order valence-corrected chi connectivity index (χ3v) is 2.63. The number of nitrogens with zero attached hydrogens (tertiary/aromatic N) is 1. The van der Waals surface area contributed by atoms with E-state index in [9.17, 15) is 10.1 Å². The minimum Gasteiger partial charge on any atom is -0.392 e. The van der Waals surface area contributed by atoms with Crippen LogP contribution >= 0.6 is 28.3 Å². The van der Waals surface area contributed by atoms with Crippen molar-refractivity contribution in [2.45, 2.75) is 11.1 Å². The highest BCUT2D eigenvalue weighted by molar-refractivity contribution is 9.10. The zero-order valence-corrected chi connectivity index (χ0v) is 11.8. The van der Waals surface area contributed by atoms with Gasteiger partial charge in [0.15, 0.2) is 0 Å². The largest absolute Gasteiger partial charge is 0.392 e. The van der Waals surface area contributed by atoms with Crippen LogP contribution in [-0.2, 0) is 6.61 Å². The van der Waals surface area contributed by atoms with Crippen LogP contribution in [0.5, 0.6) is 0 Å². The first kappa shape index (κ1) is 19.6. The summed E-state index contributed by atoms with van der Waals surface area (Å²) < 4.78 is -1.77. The maximum absolute atomic E-state index is 9.92. The molecule has 104 valence electrons. The Morgan fingerprint density at radius 2 is 1.61 bits per heavy atom. The summed E-state index contributed by atoms with van der Waals surface area (Å²) in [5.41, 5.74) is 0.965. The van der Waals surface area contributed by atoms with E-state index < -0.39 is 22.6 Å². The summed E-state index contributed by atoms with van der Waals surface area (Å²) in [6.45, 7) is -1.31. The first-order valence-electron chi connectivity index (χ1n) is 4.70. The van der Waals surface area contributed by atoms with Crippen molar-refractivity contribution in [3.05, 3.63) is 46.0 Å². The first-order chi connectivity index (χ1) is 8.00. The van der Waals surface area contributed by atoms with Crippen LogP contribution in [0.15, 0.2) is 30.3 Å². The van der Waals surface area contributed by atoms with Crippen LogP contribution in [0.25, 0.3) is 0 Å². The molecule has 0 unspecified atom stereocenters. The number of halogens is 2. The highest BCUT2D eigenvalue weighted by Gasteiger charge is 2.38. The van der Waals surface area contributed by atoms with Crippen LogP contribution in [-0.4, -0.2) is 37.9 Å². The molecule has 8 heteroatoms. The molecule has 1 rings (SSSR count). The molecule has 3 N–H and O–H groups in total. The van der Waals surface area contributed by atoms with Crippen molar-refractivity contribution in [1.29, 1.82) is 0 Å². The minimum atomic E-state index is -1.77. The van der Waals surface area contributed by atoms with Crippen LogP contribution in [0, 0.1) is 10.1 Å². The van der Waals surface area contributed by atoms with Gasteiger partial charge in [-0.05, 0) is 5.56 Å². The van der Waals surface area contributed by atoms with Crippen molar-refractivity contribution >= 4 is 28.3 Å². The van der Waals surface area contributed by atoms with Crippen molar-refractivity contribution in [3.63, 3.8) is 0 Å². The quantitative estimate of drug-likeness (QED) is 0.326. The molecule has 0 aliphatic rings. The Morgan fingerprint density at radius 1 is 1.17 bits per heavy atom. The molecule has 1 aromatic rings. The Hall–Kier alpha value is -0.730. The Morgan fingerprint density at radius 3 is 1.78 bits per heavy atom. The average molecular weight is 345 g/mol. The zero-order valence-electron chi connectivity index (χ0n) is 9.40. The van der Waals surface area contributed by atoms with Crippen molar-refractivity contribution in [2.75, 3.05) is 13.2 Å². The number of rotatable bonds is 4. The monoisotopic (exact) mass is 343 g/mol. The van der Waals surface area contributed by atoms with Gasteiger partial charge in [0.25, 0.3) is 0 Å². The fourth-order valence-electron chi connectivity index (χ4n) is 0.749. The molecule has 0 heterocycles. The standard InChI is InChI=1S/C7H8O.C3H6BrNO4.ClH/c8-6-7-4-2-1-3-5-7;4-3(1-6,2-7)5(8)9;/h1-5,8H,6H2;6-7H,1-2H2;1H. The zero-order chi connectivity index (χ0) is 13.3. The van der Waals surface area contributed by atoms with Crippen molar-refractivity contribution in [3.8, 4) is 0 Å². The Labute approximate surface area is 119 Å². The highest BCUT2D eigenvalue weighted by atomic mass is 79.9. The fourth-order valence-corrected chi connectivity index (χ4v) is 0.749. The second-order valence-corrected chi connectivity index (χ2v) is 4.61. The number of alkyl halides is 1. The van der Waals surface area contributed by atoms with Gasteiger partial charge in [0.2, 0.25) is 0 Å². The topological polar surface area (TPSA) is 104 Å². The lowest BCUT2D eigenvalue weighted by Gasteiger charge is -2.11. The lowest BCUT2D eigenvalue weighted by molar-refractivity contribution is -0.542. The molecule has 18 heavy (non-hydrogen) atoms. The molecule has 0 fully saturated rings. The molecule has 0 aliphatic heterocycles. The predicted octanol–water partition coefficient (Wildman–Crippen LogP) is 0.940. The van der Waals surface area contributed by atoms with Crippen LogP contribution in [0.2, 0.25) is 0 Å². The van der Waals surface area contributed by atoms with Crippen molar-refractivity contribution in [1.82, 2.24) is 0 Å². The number of nitro groups is 1. The molecule has 6 nitrogen and oxygen atoms in total. The maximum Gasteiger partial charge on any atom is 0.319 e. The van der Waals surface area contributed by atoms with E-state index in [1.807, 2.05) is 30.3 Å². The van der Waals surface area contributed by atoms with Gasteiger partial charge in [-0.2, -0.15) is 0 Å². The molecular formula is C10H15BrClNO5. The van der Waals surface area contributed by atoms with E-state index in [-0.39, 0.29) is 19.0 Å². The lowest BCUT2D eigenvalue weighted by atomic mass is 10.2. The number of aliphatic hydroxyl groups excluding tert-OH is 3. The van der Waals surface area contributed by atoms with Crippen LogP contribution in [0.3, 0.4) is 0 Å². The number of hydrogen-bond acceptors (Lipinski definition) is 5. The normalized spacial score (nSPS) is 9.78. The first-order valence-corrected chi connectivity index (χ1v) is 5.49. The summed E-state index contributed by atoms with van der Waals surface area (Å²) in [6.07, 6.45) is 0. The molecule has 0 aromatic heterocycles. The summed E-state index contributed by atoms with van der Waals surface area (Å²) in [6, 6.07) is 9.52. The molecule has 0 saturated carbocycles. The molecule has 1 aromatic carbocycles. The van der Waals surface area contributed by atoms with Gasteiger partial charge < -0.3 is 15.3 Å². The van der Waals surface area contributed by atoms with Gasteiger partial charge in [0.1, 0.15) is 13.2 Å². The van der Waals surface area contributed by atoms with E-state index in [2.05, 4.69) is 15.9 Å². The minimum absolute atomic E-state index is 0. The van der Waals surface area contributed by atoms with Gasteiger partial charge >= 0.3 is 4.45 Å². The Kier molecular flexibility index (Phi) is 11.1. The maximum atomic E-state index is 9.92. The summed E-state index contributed by atoms with van der Waals surface area (Å²) in [5.74, 6) is 0. The smallest absolute Gasteiger partial charge is 0.319 e. The molecular weight excluding hydrogens is 329 g/mol. The van der Waals surface area contributed by atoms with Crippen LogP contribution < -0.4 is 0 Å². The van der Waals surface area contributed by atoms with Crippen LogP contribution in [0.4, 0.5) is 0 Å². The fraction of sp³-hybridized carbons (Fsp3) is 0.400. The Bertz CT molecular complexity index is 334. The van der Waals surface area contributed by atoms with Gasteiger partial charge in [-0.25, -0.2) is 0 Å². The number of benzene rings is 1. The molecule has 0 radical (unpaired) electrons. The third-order valence-electron chi connectivity index (χ3n) is 1.84. The van der Waals surface area contributed by atoms with Gasteiger partial charge in [-0.1, -0.05) is 30.3 Å². The summed E-state index contributed by atoms with van der Waals surface area (Å²) in [7, 11) is 0. The summed E-state index contributed by atoms with van der Waals surface area (Å²) in [5, 5.41) is 35.1. The van der Waals surface area contributed by atoms with E-state index in [4.69, 9.17) is 15.3 Å². The van der Waals surface area contributed by atoms with Crippen LogP contribution in [0.1, 0.15) is 5.56 Å². The predicted molar refractivity (Wildman–Crippen MR) is 72.4 cm³/mol. The summed E-state index contributed by atoms with van der Waals surface area (Å²) in [4.78, 5) is 9.14. The second-order valence-electron chi connectivity index (χ2n) is 3.14. The van der Waals surface area contributed by atoms with Gasteiger partial charge in [0.05, 0.1) is 6.61 Å². The lowest BCUT2D eigenvalue weighted by Crippen LogP contribution is -2.39. The molecule has 0 spiro atoms. The molecule has 0 bridgehead atoms. The Balaban J connectivity index is 0. The van der Waals surface area contributed by atoms with Gasteiger partial charge in [0, 0.05) is 20.9 Å². The number of aliphatic hydroxyl groups is 3. The molecule has 0 atom stereocenters. The average Bonchev–Trinajstić information content (AvgIpc) is 2.39. The third kappa shape index (κ3) is 6.87. The SMILES string of the molecule is Cl.O=[N+]([O-])C(Br)(CO)CO.OCc1ccccc1. The van der Waals surface area contributed by atoms with E-state index in [0.717, 1.165) is 5.56 Å². The number of hydrogen-bond donors (Lipinski definition) is 3. The highest BCUT2D eigenvalue weighted by Crippen LogP contribution is 2.15. The molecule has 0 saturated heterocycles. The molecule has 0 amide bonds. The van der Waals surface area contributed by atoms with E-state index in [1.165, 1.54) is 0 Å². The van der Waals surface area contributed by atoms with E-state index >= 15 is 0 Å². The molecule has 0 aliphatic carbocycles. The second kappa shape index (κ2) is 10.2. The van der Waals surface area contributed by atoms with Gasteiger partial charge in [-0.15, -0.1) is 12.4 Å². The van der Waals surface area contributed by atoms with Gasteiger partial charge in [-0.3, -0.25) is 10.1 Å².